The third-order valence-electron chi connectivity index (χ3n) is 2.00. The summed E-state index contributed by atoms with van der Waals surface area (Å²) in [6, 6.07) is 1.98. The minimum Gasteiger partial charge on any atom is -0.465 e. The Morgan fingerprint density at radius 3 is 2.41 bits per heavy atom. The zero-order valence-corrected chi connectivity index (χ0v) is 9.09. The van der Waals surface area contributed by atoms with Crippen molar-refractivity contribution in [3.05, 3.63) is 23.3 Å². The number of hydrogen-bond acceptors (Lipinski definition) is 4. The van der Waals surface area contributed by atoms with E-state index in [1.54, 1.807) is 0 Å². The van der Waals surface area contributed by atoms with E-state index in [0.29, 0.717) is 5.56 Å². The van der Waals surface area contributed by atoms with E-state index in [4.69, 9.17) is 5.73 Å². The van der Waals surface area contributed by atoms with Gasteiger partial charge in [-0.1, -0.05) is 0 Å². The third-order valence-corrected chi connectivity index (χ3v) is 2.00. The number of alkyl halides is 3. The second-order valence-corrected chi connectivity index (χ2v) is 3.24. The lowest BCUT2D eigenvalue weighted by Gasteiger charge is -2.12. The van der Waals surface area contributed by atoms with Crippen LogP contribution in [0.4, 0.5) is 18.9 Å². The number of nitrogens with two attached hydrogens (primary N) is 1. The Balaban J connectivity index is 3.19. The molecular formula is C10H10F3NO3. The number of rotatable bonds is 2. The molecule has 0 aromatic heterocycles. The Morgan fingerprint density at radius 2 is 1.94 bits per heavy atom. The second kappa shape index (κ2) is 4.52. The molecule has 4 nitrogen and oxygen atoms in total. The van der Waals surface area contributed by atoms with E-state index < -0.39 is 18.1 Å². The van der Waals surface area contributed by atoms with Crippen LogP contribution in [0, 0.1) is 6.92 Å². The lowest BCUT2D eigenvalue weighted by Crippen LogP contribution is -2.18. The van der Waals surface area contributed by atoms with Crippen molar-refractivity contribution in [1.82, 2.24) is 0 Å². The number of anilines is 1. The average molecular weight is 249 g/mol. The summed E-state index contributed by atoms with van der Waals surface area (Å²) in [7, 11) is 1.11. The van der Waals surface area contributed by atoms with Crippen LogP contribution in [0.25, 0.3) is 0 Å². The number of hydrogen-bond donors (Lipinski definition) is 1. The largest absolute Gasteiger partial charge is 0.573 e. The number of methoxy groups -OCH3 is 1. The molecule has 94 valence electrons. The van der Waals surface area contributed by atoms with E-state index in [1.807, 2.05) is 0 Å². The van der Waals surface area contributed by atoms with Crippen molar-refractivity contribution in [3.8, 4) is 5.75 Å². The first-order valence-electron chi connectivity index (χ1n) is 4.49. The molecule has 0 aliphatic heterocycles. The molecule has 0 atom stereocenters. The second-order valence-electron chi connectivity index (χ2n) is 3.24. The molecule has 0 amide bonds. The minimum atomic E-state index is -4.82. The molecule has 0 fully saturated rings. The molecule has 1 aromatic rings. The van der Waals surface area contributed by atoms with Crippen molar-refractivity contribution in [2.24, 2.45) is 0 Å². The first-order valence-corrected chi connectivity index (χ1v) is 4.49. The van der Waals surface area contributed by atoms with Crippen LogP contribution in [0.3, 0.4) is 0 Å². The van der Waals surface area contributed by atoms with Crippen molar-refractivity contribution in [3.63, 3.8) is 0 Å². The Morgan fingerprint density at radius 1 is 1.35 bits per heavy atom. The Kier molecular flexibility index (Phi) is 3.50. The summed E-state index contributed by atoms with van der Waals surface area (Å²) in [5.74, 6) is -1.33. The SMILES string of the molecule is COC(=O)c1cc(OC(F)(F)F)cc(C)c1N. The van der Waals surface area contributed by atoms with Crippen molar-refractivity contribution in [2.45, 2.75) is 13.3 Å². The highest BCUT2D eigenvalue weighted by atomic mass is 19.4. The van der Waals surface area contributed by atoms with Crippen molar-refractivity contribution >= 4 is 11.7 Å². The summed E-state index contributed by atoms with van der Waals surface area (Å²) >= 11 is 0. The van der Waals surface area contributed by atoms with E-state index in [0.717, 1.165) is 19.2 Å². The zero-order chi connectivity index (χ0) is 13.2. The smallest absolute Gasteiger partial charge is 0.465 e. The molecule has 0 bridgehead atoms. The molecule has 0 spiro atoms. The van der Waals surface area contributed by atoms with Crippen molar-refractivity contribution in [2.75, 3.05) is 12.8 Å². The molecule has 7 heteroatoms. The first kappa shape index (κ1) is 13.1. The molecule has 0 aliphatic carbocycles. The van der Waals surface area contributed by atoms with Gasteiger partial charge in [-0.25, -0.2) is 4.79 Å². The van der Waals surface area contributed by atoms with Gasteiger partial charge in [0.05, 0.1) is 12.7 Å². The number of esters is 1. The number of aryl methyl sites for hydroxylation is 1. The molecule has 0 heterocycles. The maximum Gasteiger partial charge on any atom is 0.573 e. The summed E-state index contributed by atoms with van der Waals surface area (Å²) < 4.78 is 44.2. The summed E-state index contributed by atoms with van der Waals surface area (Å²) in [6.45, 7) is 1.46. The molecule has 1 aromatic carbocycles. The molecule has 0 unspecified atom stereocenters. The highest BCUT2D eigenvalue weighted by Gasteiger charge is 2.31. The predicted molar refractivity (Wildman–Crippen MR) is 53.6 cm³/mol. The molecule has 17 heavy (non-hydrogen) atoms. The minimum absolute atomic E-state index is 0.0615. The quantitative estimate of drug-likeness (QED) is 0.645. The van der Waals surface area contributed by atoms with Gasteiger partial charge in [0.15, 0.2) is 0 Å². The topological polar surface area (TPSA) is 61.5 Å². The van der Waals surface area contributed by atoms with Gasteiger partial charge >= 0.3 is 12.3 Å². The number of nitrogen functional groups attached to an aromatic ring is 1. The highest BCUT2D eigenvalue weighted by Crippen LogP contribution is 2.29. The number of halogens is 3. The fraction of sp³-hybridized carbons (Fsp3) is 0.300. The number of carbonyl (C=O) groups is 1. The van der Waals surface area contributed by atoms with E-state index >= 15 is 0 Å². The Hall–Kier alpha value is -1.92. The lowest BCUT2D eigenvalue weighted by atomic mass is 10.1. The number of carbonyl (C=O) groups excluding carboxylic acids is 1. The van der Waals surface area contributed by atoms with Gasteiger partial charge in [0.25, 0.3) is 0 Å². The highest BCUT2D eigenvalue weighted by molar-refractivity contribution is 5.96. The lowest BCUT2D eigenvalue weighted by molar-refractivity contribution is -0.274. The van der Waals surface area contributed by atoms with Crippen LogP contribution in [0.5, 0.6) is 5.75 Å². The van der Waals surface area contributed by atoms with Crippen LogP contribution < -0.4 is 10.5 Å². The summed E-state index contributed by atoms with van der Waals surface area (Å²) in [5.41, 5.74) is 5.75. The van der Waals surface area contributed by atoms with Gasteiger partial charge in [0.1, 0.15) is 5.75 Å². The van der Waals surface area contributed by atoms with Gasteiger partial charge in [0.2, 0.25) is 0 Å². The predicted octanol–water partition coefficient (Wildman–Crippen LogP) is 2.26. The van der Waals surface area contributed by atoms with E-state index in [-0.39, 0.29) is 11.3 Å². The molecule has 0 aliphatic rings. The molecular weight excluding hydrogens is 239 g/mol. The standard InChI is InChI=1S/C10H10F3NO3/c1-5-3-6(17-10(11,12)13)4-7(8(5)14)9(15)16-2/h3-4H,14H2,1-2H3. The van der Waals surface area contributed by atoms with Gasteiger partial charge in [0, 0.05) is 5.69 Å². The van der Waals surface area contributed by atoms with Crippen LogP contribution in [-0.2, 0) is 4.74 Å². The molecule has 0 radical (unpaired) electrons. The van der Waals surface area contributed by atoms with Gasteiger partial charge in [-0.15, -0.1) is 13.2 Å². The Bertz CT molecular complexity index is 443. The van der Waals surface area contributed by atoms with E-state index in [2.05, 4.69) is 9.47 Å². The zero-order valence-electron chi connectivity index (χ0n) is 9.09. The van der Waals surface area contributed by atoms with E-state index in [9.17, 15) is 18.0 Å². The van der Waals surface area contributed by atoms with Gasteiger partial charge < -0.3 is 15.2 Å². The molecule has 1 rings (SSSR count). The maximum absolute atomic E-state index is 12.0. The van der Waals surface area contributed by atoms with Gasteiger partial charge in [-0.05, 0) is 24.6 Å². The Labute approximate surface area is 95.1 Å². The maximum atomic E-state index is 12.0. The third kappa shape index (κ3) is 3.27. The number of benzene rings is 1. The molecule has 0 saturated carbocycles. The van der Waals surface area contributed by atoms with E-state index in [1.165, 1.54) is 6.92 Å². The van der Waals surface area contributed by atoms with Crippen LogP contribution in [0.2, 0.25) is 0 Å². The first-order chi connectivity index (χ1) is 7.74. The summed E-state index contributed by atoms with van der Waals surface area (Å²) in [6.07, 6.45) is -4.82. The summed E-state index contributed by atoms with van der Waals surface area (Å²) in [5, 5.41) is 0. The number of ether oxygens (including phenoxy) is 2. The summed E-state index contributed by atoms with van der Waals surface area (Å²) in [4.78, 5) is 11.3. The fourth-order valence-corrected chi connectivity index (χ4v) is 1.24. The van der Waals surface area contributed by atoms with Crippen molar-refractivity contribution in [1.29, 1.82) is 0 Å². The van der Waals surface area contributed by atoms with Crippen LogP contribution in [0.15, 0.2) is 12.1 Å². The van der Waals surface area contributed by atoms with Gasteiger partial charge in [-0.2, -0.15) is 0 Å². The normalized spacial score (nSPS) is 11.1. The van der Waals surface area contributed by atoms with Crippen LogP contribution >= 0.6 is 0 Å². The fourth-order valence-electron chi connectivity index (χ4n) is 1.24. The molecule has 0 saturated heterocycles. The van der Waals surface area contributed by atoms with Crippen LogP contribution in [-0.4, -0.2) is 19.4 Å². The van der Waals surface area contributed by atoms with Gasteiger partial charge in [-0.3, -0.25) is 0 Å². The molecule has 2 N–H and O–H groups in total. The van der Waals surface area contributed by atoms with Crippen LogP contribution in [0.1, 0.15) is 15.9 Å². The monoisotopic (exact) mass is 249 g/mol. The average Bonchev–Trinajstić information content (AvgIpc) is 2.19. The van der Waals surface area contributed by atoms with Crippen molar-refractivity contribution < 1.29 is 27.4 Å².